The maximum atomic E-state index is 13.6. The number of hydrogen-bond acceptors (Lipinski definition) is 5. The molecule has 4 aromatic rings. The molecule has 1 amide bonds. The lowest BCUT2D eigenvalue weighted by atomic mass is 10.1. The van der Waals surface area contributed by atoms with Gasteiger partial charge in [-0.2, -0.15) is 5.10 Å². The predicted octanol–water partition coefficient (Wildman–Crippen LogP) is 6.71. The minimum atomic E-state index is -0.209. The average Bonchev–Trinajstić information content (AvgIpc) is 3.32. The van der Waals surface area contributed by atoms with E-state index in [0.717, 1.165) is 59.3 Å². The SMILES string of the molecule is Cc1ccc(-c2nn(-c3ccc(Cl)cc3C)cc2C(=O)Nc2ccc(C)c(SN3CCOCC3)c2)cc1. The van der Waals surface area contributed by atoms with E-state index in [2.05, 4.69) is 16.5 Å². The molecular formula is C29H29ClN4O2S. The minimum absolute atomic E-state index is 0.209. The van der Waals surface area contributed by atoms with Crippen molar-refractivity contribution in [3.8, 4) is 16.9 Å². The lowest BCUT2D eigenvalue weighted by Crippen LogP contribution is -2.31. The van der Waals surface area contributed by atoms with Crippen molar-refractivity contribution in [2.45, 2.75) is 25.7 Å². The molecule has 1 fully saturated rings. The van der Waals surface area contributed by atoms with Crippen LogP contribution < -0.4 is 5.32 Å². The van der Waals surface area contributed by atoms with Gasteiger partial charge in [-0.1, -0.05) is 47.5 Å². The number of anilines is 1. The minimum Gasteiger partial charge on any atom is -0.379 e. The van der Waals surface area contributed by atoms with Crippen LogP contribution in [0.3, 0.4) is 0 Å². The van der Waals surface area contributed by atoms with Gasteiger partial charge in [0.1, 0.15) is 5.69 Å². The molecule has 6 nitrogen and oxygen atoms in total. The van der Waals surface area contributed by atoms with Gasteiger partial charge in [-0.15, -0.1) is 0 Å². The van der Waals surface area contributed by atoms with E-state index in [-0.39, 0.29) is 5.91 Å². The quantitative estimate of drug-likeness (QED) is 0.280. The average molecular weight is 533 g/mol. The van der Waals surface area contributed by atoms with Gasteiger partial charge in [0, 0.05) is 40.5 Å². The summed E-state index contributed by atoms with van der Waals surface area (Å²) in [6.45, 7) is 9.34. The molecule has 1 aliphatic heterocycles. The summed E-state index contributed by atoms with van der Waals surface area (Å²) in [6.07, 6.45) is 1.79. The molecule has 5 rings (SSSR count). The van der Waals surface area contributed by atoms with Crippen LogP contribution in [-0.4, -0.2) is 46.3 Å². The molecule has 1 N–H and O–H groups in total. The van der Waals surface area contributed by atoms with Gasteiger partial charge in [-0.3, -0.25) is 4.79 Å². The van der Waals surface area contributed by atoms with Gasteiger partial charge in [-0.05, 0) is 74.2 Å². The zero-order valence-electron chi connectivity index (χ0n) is 21.1. The second kappa shape index (κ2) is 11.1. The summed E-state index contributed by atoms with van der Waals surface area (Å²) in [4.78, 5) is 14.7. The predicted molar refractivity (Wildman–Crippen MR) is 151 cm³/mol. The molecule has 0 saturated carbocycles. The first-order valence-corrected chi connectivity index (χ1v) is 13.4. The van der Waals surface area contributed by atoms with Crippen LogP contribution >= 0.6 is 23.5 Å². The van der Waals surface area contributed by atoms with Crippen LogP contribution in [0, 0.1) is 20.8 Å². The van der Waals surface area contributed by atoms with Gasteiger partial charge in [0.25, 0.3) is 5.91 Å². The number of aryl methyl sites for hydroxylation is 3. The molecule has 3 aromatic carbocycles. The Morgan fingerprint density at radius 1 is 0.973 bits per heavy atom. The summed E-state index contributed by atoms with van der Waals surface area (Å²) >= 11 is 7.88. The highest BCUT2D eigenvalue weighted by molar-refractivity contribution is 7.97. The summed E-state index contributed by atoms with van der Waals surface area (Å²) in [5, 5.41) is 8.60. The molecule has 0 atom stereocenters. The van der Waals surface area contributed by atoms with Crippen LogP contribution in [0.4, 0.5) is 5.69 Å². The fourth-order valence-corrected chi connectivity index (χ4v) is 5.44. The van der Waals surface area contributed by atoms with Gasteiger partial charge in [-0.25, -0.2) is 8.99 Å². The van der Waals surface area contributed by atoms with Gasteiger partial charge < -0.3 is 10.1 Å². The van der Waals surface area contributed by atoms with E-state index in [1.165, 1.54) is 5.56 Å². The molecule has 0 spiro atoms. The number of hydrogen-bond donors (Lipinski definition) is 1. The number of carbonyl (C=O) groups is 1. The maximum absolute atomic E-state index is 13.6. The summed E-state index contributed by atoms with van der Waals surface area (Å²) in [6, 6.07) is 19.7. The first-order chi connectivity index (χ1) is 17.9. The Labute approximate surface area is 226 Å². The number of morpholine rings is 1. The number of rotatable bonds is 6. The van der Waals surface area contributed by atoms with Crippen LogP contribution in [0.1, 0.15) is 27.0 Å². The van der Waals surface area contributed by atoms with Crippen LogP contribution in [0.5, 0.6) is 0 Å². The van der Waals surface area contributed by atoms with Gasteiger partial charge in [0.05, 0.1) is 24.5 Å². The molecule has 8 heteroatoms. The van der Waals surface area contributed by atoms with Crippen molar-refractivity contribution in [3.63, 3.8) is 0 Å². The van der Waals surface area contributed by atoms with Crippen molar-refractivity contribution in [3.05, 3.63) is 94.1 Å². The Kier molecular flexibility index (Phi) is 7.67. The number of halogens is 1. The second-order valence-electron chi connectivity index (χ2n) is 9.20. The summed E-state index contributed by atoms with van der Waals surface area (Å²) < 4.78 is 9.52. The topological polar surface area (TPSA) is 59.4 Å². The van der Waals surface area contributed by atoms with Crippen LogP contribution in [0.25, 0.3) is 16.9 Å². The Morgan fingerprint density at radius 2 is 1.73 bits per heavy atom. The Hall–Kier alpha value is -3.10. The van der Waals surface area contributed by atoms with Crippen molar-refractivity contribution in [1.82, 2.24) is 14.1 Å². The van der Waals surface area contributed by atoms with Crippen molar-refractivity contribution < 1.29 is 9.53 Å². The van der Waals surface area contributed by atoms with E-state index in [1.807, 2.05) is 74.5 Å². The number of carbonyl (C=O) groups excluding carboxylic acids is 1. The van der Waals surface area contributed by atoms with E-state index in [4.69, 9.17) is 21.4 Å². The van der Waals surface area contributed by atoms with Gasteiger partial charge in [0.15, 0.2) is 0 Å². The summed E-state index contributed by atoms with van der Waals surface area (Å²) in [7, 11) is 0. The molecular weight excluding hydrogens is 504 g/mol. The molecule has 190 valence electrons. The first kappa shape index (κ1) is 25.5. The molecule has 37 heavy (non-hydrogen) atoms. The molecule has 0 radical (unpaired) electrons. The van der Waals surface area contributed by atoms with E-state index in [0.29, 0.717) is 16.3 Å². The van der Waals surface area contributed by atoms with Crippen molar-refractivity contribution in [2.75, 3.05) is 31.6 Å². The zero-order chi connectivity index (χ0) is 25.9. The second-order valence-corrected chi connectivity index (χ2v) is 10.8. The van der Waals surface area contributed by atoms with E-state index >= 15 is 0 Å². The van der Waals surface area contributed by atoms with Crippen LogP contribution in [0.15, 0.2) is 71.8 Å². The monoisotopic (exact) mass is 532 g/mol. The van der Waals surface area contributed by atoms with Crippen molar-refractivity contribution in [1.29, 1.82) is 0 Å². The number of amides is 1. The van der Waals surface area contributed by atoms with E-state index < -0.39 is 0 Å². The molecule has 1 aromatic heterocycles. The smallest absolute Gasteiger partial charge is 0.259 e. The highest BCUT2D eigenvalue weighted by Crippen LogP contribution is 2.31. The molecule has 0 aliphatic carbocycles. The third-order valence-corrected chi connectivity index (χ3v) is 7.83. The van der Waals surface area contributed by atoms with Gasteiger partial charge in [0.2, 0.25) is 0 Å². The summed E-state index contributed by atoms with van der Waals surface area (Å²) in [5.41, 5.74) is 6.92. The first-order valence-electron chi connectivity index (χ1n) is 12.2. The number of nitrogens with one attached hydrogen (secondary N) is 1. The number of nitrogens with zero attached hydrogens (tertiary/aromatic N) is 3. The zero-order valence-corrected chi connectivity index (χ0v) is 22.7. The van der Waals surface area contributed by atoms with Crippen molar-refractivity contribution >= 4 is 35.1 Å². The summed E-state index contributed by atoms with van der Waals surface area (Å²) in [5.74, 6) is -0.209. The molecule has 0 unspecified atom stereocenters. The van der Waals surface area contributed by atoms with E-state index in [1.54, 1.807) is 22.8 Å². The largest absolute Gasteiger partial charge is 0.379 e. The van der Waals surface area contributed by atoms with Crippen LogP contribution in [-0.2, 0) is 4.74 Å². The lowest BCUT2D eigenvalue weighted by Gasteiger charge is -2.26. The molecule has 2 heterocycles. The number of ether oxygens (including phenoxy) is 1. The Balaban J connectivity index is 1.47. The third kappa shape index (κ3) is 5.91. The molecule has 1 aliphatic rings. The van der Waals surface area contributed by atoms with E-state index in [9.17, 15) is 4.79 Å². The Bertz CT molecular complexity index is 1430. The number of aromatic nitrogens is 2. The third-order valence-electron chi connectivity index (χ3n) is 6.33. The molecule has 1 saturated heterocycles. The van der Waals surface area contributed by atoms with Crippen LogP contribution in [0.2, 0.25) is 5.02 Å². The maximum Gasteiger partial charge on any atom is 0.259 e. The lowest BCUT2D eigenvalue weighted by molar-refractivity contribution is 0.0773. The van der Waals surface area contributed by atoms with Crippen molar-refractivity contribution in [2.24, 2.45) is 0 Å². The Morgan fingerprint density at radius 3 is 2.46 bits per heavy atom. The standard InChI is InChI=1S/C29H29ClN4O2S/c1-19-4-7-22(8-5-19)28-25(18-34(32-28)26-11-9-23(30)16-21(26)3)29(35)31-24-10-6-20(2)27(17-24)37-33-12-14-36-15-13-33/h4-11,16-18H,12-15H2,1-3H3,(H,31,35). The molecule has 0 bridgehead atoms. The normalized spacial score (nSPS) is 14.1. The highest BCUT2D eigenvalue weighted by Gasteiger charge is 2.20. The fraction of sp³-hybridized carbons (Fsp3) is 0.241. The fourth-order valence-electron chi connectivity index (χ4n) is 4.22. The highest BCUT2D eigenvalue weighted by atomic mass is 35.5. The van der Waals surface area contributed by atoms with Gasteiger partial charge >= 0.3 is 0 Å². The number of benzene rings is 3.